The van der Waals surface area contributed by atoms with Crippen LogP contribution in [0.5, 0.6) is 0 Å². The van der Waals surface area contributed by atoms with Gasteiger partial charge in [-0.3, -0.25) is 4.79 Å². The van der Waals surface area contributed by atoms with E-state index in [0.29, 0.717) is 31.1 Å². The molecule has 1 atom stereocenters. The van der Waals surface area contributed by atoms with Gasteiger partial charge in [-0.2, -0.15) is 4.31 Å². The van der Waals surface area contributed by atoms with Crippen LogP contribution in [0.15, 0.2) is 29.2 Å². The molecule has 25 heavy (non-hydrogen) atoms. The van der Waals surface area contributed by atoms with Crippen molar-refractivity contribution in [3.05, 3.63) is 29.8 Å². The van der Waals surface area contributed by atoms with E-state index < -0.39 is 10.0 Å². The molecule has 5 nitrogen and oxygen atoms in total. The van der Waals surface area contributed by atoms with Crippen LogP contribution in [0.4, 0.5) is 0 Å². The first-order valence-electron chi connectivity index (χ1n) is 9.37. The first-order chi connectivity index (χ1) is 12.0. The van der Waals surface area contributed by atoms with E-state index in [4.69, 9.17) is 0 Å². The number of rotatable bonds is 9. The van der Waals surface area contributed by atoms with Gasteiger partial charge in [0, 0.05) is 25.2 Å². The van der Waals surface area contributed by atoms with Crippen molar-refractivity contribution in [3.8, 4) is 0 Å². The average molecular weight is 367 g/mol. The third-order valence-electron chi connectivity index (χ3n) is 4.91. The molecule has 1 saturated heterocycles. The van der Waals surface area contributed by atoms with Crippen LogP contribution in [-0.2, 0) is 10.0 Å². The molecular formula is C19H30N2O3S. The van der Waals surface area contributed by atoms with E-state index >= 15 is 0 Å². The van der Waals surface area contributed by atoms with E-state index in [-0.39, 0.29) is 10.8 Å². The quantitative estimate of drug-likeness (QED) is 0.728. The van der Waals surface area contributed by atoms with Crippen molar-refractivity contribution in [2.45, 2.75) is 57.3 Å². The highest BCUT2D eigenvalue weighted by molar-refractivity contribution is 7.89. The monoisotopic (exact) mass is 366 g/mol. The molecule has 1 fully saturated rings. The van der Waals surface area contributed by atoms with Gasteiger partial charge in [0.2, 0.25) is 10.0 Å². The number of benzene rings is 1. The summed E-state index contributed by atoms with van der Waals surface area (Å²) in [6.07, 6.45) is 6.34. The molecule has 1 heterocycles. The Morgan fingerprint density at radius 3 is 2.36 bits per heavy atom. The number of amides is 1. The minimum atomic E-state index is -3.42. The SMILES string of the molecule is CCCC[C@H](CC)CNC(=O)c1ccc(S(=O)(=O)N2CCCC2)cc1. The van der Waals surface area contributed by atoms with Gasteiger partial charge in [-0.05, 0) is 49.4 Å². The van der Waals surface area contributed by atoms with Gasteiger partial charge < -0.3 is 5.32 Å². The summed E-state index contributed by atoms with van der Waals surface area (Å²) in [5, 5.41) is 2.97. The normalized spacial score (nSPS) is 16.7. The predicted molar refractivity (Wildman–Crippen MR) is 100 cm³/mol. The third-order valence-corrected chi connectivity index (χ3v) is 6.83. The molecule has 140 valence electrons. The minimum absolute atomic E-state index is 0.139. The summed E-state index contributed by atoms with van der Waals surface area (Å²) in [5.74, 6) is 0.360. The number of sulfonamides is 1. The van der Waals surface area contributed by atoms with E-state index in [2.05, 4.69) is 19.2 Å². The molecule has 6 heteroatoms. The Bertz CT molecular complexity index is 650. The van der Waals surface area contributed by atoms with Crippen LogP contribution < -0.4 is 5.32 Å². The zero-order valence-electron chi connectivity index (χ0n) is 15.3. The average Bonchev–Trinajstić information content (AvgIpc) is 3.17. The molecule has 0 unspecified atom stereocenters. The second-order valence-corrected chi connectivity index (χ2v) is 8.70. The van der Waals surface area contributed by atoms with Gasteiger partial charge in [0.15, 0.2) is 0 Å². The van der Waals surface area contributed by atoms with Crippen molar-refractivity contribution in [3.63, 3.8) is 0 Å². The molecule has 1 N–H and O–H groups in total. The van der Waals surface area contributed by atoms with Crippen molar-refractivity contribution in [1.29, 1.82) is 0 Å². The van der Waals surface area contributed by atoms with E-state index in [1.807, 2.05) is 0 Å². The molecular weight excluding hydrogens is 336 g/mol. The second-order valence-electron chi connectivity index (χ2n) is 6.76. The van der Waals surface area contributed by atoms with E-state index in [1.54, 1.807) is 12.1 Å². The predicted octanol–water partition coefficient (Wildman–Crippen LogP) is 3.42. The van der Waals surface area contributed by atoms with Gasteiger partial charge in [0.1, 0.15) is 0 Å². The van der Waals surface area contributed by atoms with Crippen LogP contribution in [0, 0.1) is 5.92 Å². The molecule has 0 spiro atoms. The minimum Gasteiger partial charge on any atom is -0.352 e. The zero-order chi connectivity index (χ0) is 18.3. The molecule has 0 bridgehead atoms. The maximum absolute atomic E-state index is 12.5. The van der Waals surface area contributed by atoms with Crippen LogP contribution >= 0.6 is 0 Å². The van der Waals surface area contributed by atoms with Gasteiger partial charge in [0.25, 0.3) is 5.91 Å². The Kier molecular flexibility index (Phi) is 7.44. The van der Waals surface area contributed by atoms with Crippen LogP contribution in [0.2, 0.25) is 0 Å². The molecule has 1 aliphatic heterocycles. The Morgan fingerprint density at radius 2 is 1.80 bits per heavy atom. The number of nitrogens with zero attached hydrogens (tertiary/aromatic N) is 1. The molecule has 1 amide bonds. The first kappa shape index (κ1) is 19.9. The van der Waals surface area contributed by atoms with Gasteiger partial charge >= 0.3 is 0 Å². The van der Waals surface area contributed by atoms with Crippen LogP contribution in [-0.4, -0.2) is 38.3 Å². The highest BCUT2D eigenvalue weighted by Gasteiger charge is 2.27. The third kappa shape index (κ3) is 5.28. The van der Waals surface area contributed by atoms with Crippen molar-refractivity contribution < 1.29 is 13.2 Å². The van der Waals surface area contributed by atoms with E-state index in [0.717, 1.165) is 32.1 Å². The molecule has 1 aliphatic rings. The molecule has 0 saturated carbocycles. The Morgan fingerprint density at radius 1 is 1.16 bits per heavy atom. The summed E-state index contributed by atoms with van der Waals surface area (Å²) in [5.41, 5.74) is 0.505. The molecule has 1 aromatic rings. The zero-order valence-corrected chi connectivity index (χ0v) is 16.1. The Balaban J connectivity index is 1.95. The summed E-state index contributed by atoms with van der Waals surface area (Å²) in [6, 6.07) is 6.28. The Hall–Kier alpha value is -1.40. The standard InChI is InChI=1S/C19H30N2O3S/c1-3-5-8-16(4-2)15-20-19(22)17-9-11-18(12-10-17)25(23,24)21-13-6-7-14-21/h9-12,16H,3-8,13-15H2,1-2H3,(H,20,22)/t16-/m0/s1. The molecule has 0 aliphatic carbocycles. The Labute approximate surface area is 151 Å². The lowest BCUT2D eigenvalue weighted by atomic mass is 9.99. The van der Waals surface area contributed by atoms with Gasteiger partial charge in [-0.25, -0.2) is 8.42 Å². The highest BCUT2D eigenvalue weighted by atomic mass is 32.2. The van der Waals surface area contributed by atoms with Gasteiger partial charge in [-0.15, -0.1) is 0 Å². The summed E-state index contributed by atoms with van der Waals surface area (Å²) in [4.78, 5) is 12.5. The van der Waals surface area contributed by atoms with Gasteiger partial charge in [0.05, 0.1) is 4.90 Å². The first-order valence-corrected chi connectivity index (χ1v) is 10.8. The van der Waals surface area contributed by atoms with Gasteiger partial charge in [-0.1, -0.05) is 33.1 Å². The fraction of sp³-hybridized carbons (Fsp3) is 0.632. The molecule has 1 aromatic carbocycles. The number of hydrogen-bond donors (Lipinski definition) is 1. The van der Waals surface area contributed by atoms with Crippen LogP contribution in [0.3, 0.4) is 0 Å². The smallest absolute Gasteiger partial charge is 0.251 e. The van der Waals surface area contributed by atoms with Crippen molar-refractivity contribution in [1.82, 2.24) is 9.62 Å². The second kappa shape index (κ2) is 9.34. The fourth-order valence-electron chi connectivity index (χ4n) is 3.14. The molecule has 0 aromatic heterocycles. The highest BCUT2D eigenvalue weighted by Crippen LogP contribution is 2.21. The topological polar surface area (TPSA) is 66.5 Å². The summed E-state index contributed by atoms with van der Waals surface area (Å²) in [7, 11) is -3.42. The summed E-state index contributed by atoms with van der Waals surface area (Å²) >= 11 is 0. The number of hydrogen-bond acceptors (Lipinski definition) is 3. The van der Waals surface area contributed by atoms with Crippen molar-refractivity contribution in [2.75, 3.05) is 19.6 Å². The van der Waals surface area contributed by atoms with Crippen molar-refractivity contribution >= 4 is 15.9 Å². The summed E-state index contributed by atoms with van der Waals surface area (Å²) in [6.45, 7) is 6.15. The van der Waals surface area contributed by atoms with Crippen LogP contribution in [0.25, 0.3) is 0 Å². The maximum atomic E-state index is 12.5. The lowest BCUT2D eigenvalue weighted by Gasteiger charge is -2.16. The van der Waals surface area contributed by atoms with Crippen LogP contribution in [0.1, 0.15) is 62.7 Å². The summed E-state index contributed by atoms with van der Waals surface area (Å²) < 4.78 is 26.5. The number of nitrogens with one attached hydrogen (secondary N) is 1. The molecule has 0 radical (unpaired) electrons. The molecule has 2 rings (SSSR count). The number of carbonyl (C=O) groups is 1. The maximum Gasteiger partial charge on any atom is 0.251 e. The van der Waals surface area contributed by atoms with E-state index in [1.165, 1.54) is 22.9 Å². The largest absolute Gasteiger partial charge is 0.352 e. The van der Waals surface area contributed by atoms with E-state index in [9.17, 15) is 13.2 Å². The number of carbonyl (C=O) groups excluding carboxylic acids is 1. The number of unbranched alkanes of at least 4 members (excludes halogenated alkanes) is 1. The lowest BCUT2D eigenvalue weighted by Crippen LogP contribution is -2.29. The fourth-order valence-corrected chi connectivity index (χ4v) is 4.66. The van der Waals surface area contributed by atoms with Crippen molar-refractivity contribution in [2.24, 2.45) is 5.92 Å². The lowest BCUT2D eigenvalue weighted by molar-refractivity contribution is 0.0945.